The third-order valence-corrected chi connectivity index (χ3v) is 3.77. The molecular formula is C18H25N3O5. The molecule has 0 aliphatic carbocycles. The zero-order chi connectivity index (χ0) is 19.3. The van der Waals surface area contributed by atoms with Gasteiger partial charge in [-0.1, -0.05) is 6.07 Å². The Bertz CT molecular complexity index is 676. The second kappa shape index (κ2) is 8.07. The fraction of sp³-hybridized carbons (Fsp3) is 0.500. The highest BCUT2D eigenvalue weighted by molar-refractivity contribution is 5.95. The summed E-state index contributed by atoms with van der Waals surface area (Å²) in [5.41, 5.74) is 0.504. The number of carbonyl (C=O) groups is 3. The van der Waals surface area contributed by atoms with Crippen LogP contribution >= 0.6 is 0 Å². The van der Waals surface area contributed by atoms with E-state index in [0.717, 1.165) is 0 Å². The van der Waals surface area contributed by atoms with Gasteiger partial charge >= 0.3 is 12.1 Å². The Morgan fingerprint density at radius 1 is 1.12 bits per heavy atom. The van der Waals surface area contributed by atoms with Crippen molar-refractivity contribution >= 4 is 23.7 Å². The molecule has 1 aliphatic rings. The van der Waals surface area contributed by atoms with E-state index in [-0.39, 0.29) is 18.5 Å². The predicted octanol–water partition coefficient (Wildman–Crippen LogP) is 1.88. The second-order valence-electron chi connectivity index (χ2n) is 7.09. The number of hydrogen-bond donors (Lipinski definition) is 2. The minimum atomic E-state index is -0.972. The Kier molecular flexibility index (Phi) is 6.07. The van der Waals surface area contributed by atoms with Crippen LogP contribution in [0.1, 0.15) is 31.1 Å². The normalized spacial score (nSPS) is 14.7. The number of aliphatic carboxylic acids is 1. The molecule has 0 saturated carbocycles. The standard InChI is InChI=1S/C18H25N3O5/c1-18(2,3)26-17(25)21-9-7-20(8-10-21)16(24)13-5-4-6-14(11-13)19-12-15(22)23/h4-6,11,19H,7-10,12H2,1-3H3,(H,22,23). The molecule has 26 heavy (non-hydrogen) atoms. The minimum Gasteiger partial charge on any atom is -0.480 e. The lowest BCUT2D eigenvalue weighted by molar-refractivity contribution is -0.134. The summed E-state index contributed by atoms with van der Waals surface area (Å²) in [6.07, 6.45) is -0.371. The van der Waals surface area contributed by atoms with Crippen LogP contribution in [0.15, 0.2) is 24.3 Å². The first kappa shape index (κ1) is 19.6. The van der Waals surface area contributed by atoms with E-state index >= 15 is 0 Å². The number of amides is 2. The van der Waals surface area contributed by atoms with Crippen molar-refractivity contribution in [2.45, 2.75) is 26.4 Å². The smallest absolute Gasteiger partial charge is 0.410 e. The summed E-state index contributed by atoms with van der Waals surface area (Å²) in [7, 11) is 0. The van der Waals surface area contributed by atoms with Crippen molar-refractivity contribution in [2.75, 3.05) is 38.0 Å². The van der Waals surface area contributed by atoms with Crippen molar-refractivity contribution in [3.05, 3.63) is 29.8 Å². The molecule has 142 valence electrons. The molecule has 1 aromatic carbocycles. The molecule has 8 nitrogen and oxygen atoms in total. The lowest BCUT2D eigenvalue weighted by Gasteiger charge is -2.35. The summed E-state index contributed by atoms with van der Waals surface area (Å²) in [6.45, 7) is 6.90. The third kappa shape index (κ3) is 5.65. The van der Waals surface area contributed by atoms with Crippen LogP contribution in [0.4, 0.5) is 10.5 Å². The fourth-order valence-corrected chi connectivity index (χ4v) is 2.54. The lowest BCUT2D eigenvalue weighted by Crippen LogP contribution is -2.51. The number of hydrogen-bond acceptors (Lipinski definition) is 5. The molecule has 0 aromatic heterocycles. The number of nitrogens with zero attached hydrogens (tertiary/aromatic N) is 2. The van der Waals surface area contributed by atoms with Crippen molar-refractivity contribution in [3.8, 4) is 0 Å². The van der Waals surface area contributed by atoms with Crippen LogP contribution in [0.5, 0.6) is 0 Å². The first-order chi connectivity index (χ1) is 12.2. The van der Waals surface area contributed by atoms with Crippen molar-refractivity contribution in [1.82, 2.24) is 9.80 Å². The van der Waals surface area contributed by atoms with E-state index < -0.39 is 11.6 Å². The zero-order valence-corrected chi connectivity index (χ0v) is 15.3. The van der Waals surface area contributed by atoms with Crippen LogP contribution in [-0.2, 0) is 9.53 Å². The number of carbonyl (C=O) groups excluding carboxylic acids is 2. The Labute approximate surface area is 152 Å². The maximum Gasteiger partial charge on any atom is 0.410 e. The van der Waals surface area contributed by atoms with Crippen molar-refractivity contribution < 1.29 is 24.2 Å². The molecule has 0 bridgehead atoms. The average Bonchev–Trinajstić information content (AvgIpc) is 2.58. The van der Waals surface area contributed by atoms with Gasteiger partial charge in [-0.2, -0.15) is 0 Å². The zero-order valence-electron chi connectivity index (χ0n) is 15.3. The van der Waals surface area contributed by atoms with Crippen molar-refractivity contribution in [2.24, 2.45) is 0 Å². The van der Waals surface area contributed by atoms with E-state index in [9.17, 15) is 14.4 Å². The van der Waals surface area contributed by atoms with Gasteiger partial charge in [0, 0.05) is 37.4 Å². The molecule has 1 aliphatic heterocycles. The molecule has 0 atom stereocenters. The van der Waals surface area contributed by atoms with E-state index in [1.807, 2.05) is 20.8 Å². The Balaban J connectivity index is 1.93. The van der Waals surface area contributed by atoms with Gasteiger partial charge in [-0.3, -0.25) is 9.59 Å². The molecule has 0 unspecified atom stereocenters. The number of piperazine rings is 1. The molecule has 2 rings (SSSR count). The monoisotopic (exact) mass is 363 g/mol. The number of rotatable bonds is 4. The van der Waals surface area contributed by atoms with Gasteiger partial charge in [0.05, 0.1) is 0 Å². The lowest BCUT2D eigenvalue weighted by atomic mass is 10.1. The van der Waals surface area contributed by atoms with Gasteiger partial charge < -0.3 is 25.0 Å². The van der Waals surface area contributed by atoms with Crippen LogP contribution < -0.4 is 5.32 Å². The van der Waals surface area contributed by atoms with E-state index in [4.69, 9.17) is 9.84 Å². The highest BCUT2D eigenvalue weighted by Crippen LogP contribution is 2.16. The van der Waals surface area contributed by atoms with Gasteiger partial charge in [0.2, 0.25) is 0 Å². The second-order valence-corrected chi connectivity index (χ2v) is 7.09. The van der Waals surface area contributed by atoms with Crippen LogP contribution in [0.2, 0.25) is 0 Å². The van der Waals surface area contributed by atoms with Gasteiger partial charge in [-0.05, 0) is 39.0 Å². The van der Waals surface area contributed by atoms with Crippen LogP contribution in [-0.4, -0.2) is 71.2 Å². The third-order valence-electron chi connectivity index (χ3n) is 3.77. The van der Waals surface area contributed by atoms with Crippen LogP contribution in [0.3, 0.4) is 0 Å². The van der Waals surface area contributed by atoms with Gasteiger partial charge in [-0.25, -0.2) is 4.79 Å². The van der Waals surface area contributed by atoms with E-state index in [0.29, 0.717) is 37.4 Å². The minimum absolute atomic E-state index is 0.146. The van der Waals surface area contributed by atoms with E-state index in [2.05, 4.69) is 5.32 Å². The molecule has 0 spiro atoms. The largest absolute Gasteiger partial charge is 0.480 e. The van der Waals surface area contributed by atoms with Gasteiger partial charge in [0.15, 0.2) is 0 Å². The summed E-state index contributed by atoms with van der Waals surface area (Å²) in [5, 5.41) is 11.5. The summed E-state index contributed by atoms with van der Waals surface area (Å²) in [4.78, 5) is 38.6. The van der Waals surface area contributed by atoms with Crippen molar-refractivity contribution in [1.29, 1.82) is 0 Å². The fourth-order valence-electron chi connectivity index (χ4n) is 2.54. The summed E-state index contributed by atoms with van der Waals surface area (Å²) in [5.74, 6) is -1.12. The van der Waals surface area contributed by atoms with Gasteiger partial charge in [-0.15, -0.1) is 0 Å². The molecule has 8 heteroatoms. The number of carboxylic acids is 1. The number of ether oxygens (including phenoxy) is 1. The average molecular weight is 363 g/mol. The Morgan fingerprint density at radius 3 is 2.31 bits per heavy atom. The molecule has 1 heterocycles. The SMILES string of the molecule is CC(C)(C)OC(=O)N1CCN(C(=O)c2cccc(NCC(=O)O)c2)CC1. The number of benzene rings is 1. The quantitative estimate of drug-likeness (QED) is 0.847. The number of anilines is 1. The van der Waals surface area contributed by atoms with Crippen LogP contribution in [0.25, 0.3) is 0 Å². The molecular weight excluding hydrogens is 338 g/mol. The number of carboxylic acid groups (broad SMARTS) is 1. The van der Waals surface area contributed by atoms with Gasteiger partial charge in [0.25, 0.3) is 5.91 Å². The first-order valence-corrected chi connectivity index (χ1v) is 8.48. The molecule has 1 aromatic rings. The maximum atomic E-state index is 12.6. The van der Waals surface area contributed by atoms with Crippen LogP contribution in [0, 0.1) is 0 Å². The summed E-state index contributed by atoms with van der Waals surface area (Å²) in [6, 6.07) is 6.73. The molecule has 0 radical (unpaired) electrons. The van der Waals surface area contributed by atoms with Gasteiger partial charge in [0.1, 0.15) is 12.1 Å². The summed E-state index contributed by atoms with van der Waals surface area (Å²) >= 11 is 0. The Morgan fingerprint density at radius 2 is 1.73 bits per heavy atom. The molecule has 1 fully saturated rings. The first-order valence-electron chi connectivity index (χ1n) is 8.48. The molecule has 2 amide bonds. The molecule has 2 N–H and O–H groups in total. The highest BCUT2D eigenvalue weighted by atomic mass is 16.6. The molecule has 1 saturated heterocycles. The van der Waals surface area contributed by atoms with Crippen molar-refractivity contribution in [3.63, 3.8) is 0 Å². The highest BCUT2D eigenvalue weighted by Gasteiger charge is 2.28. The predicted molar refractivity (Wildman–Crippen MR) is 96.3 cm³/mol. The van der Waals surface area contributed by atoms with E-state index in [1.54, 1.807) is 34.1 Å². The topological polar surface area (TPSA) is 99.2 Å². The Hall–Kier alpha value is -2.77. The maximum absolute atomic E-state index is 12.6. The van der Waals surface area contributed by atoms with E-state index in [1.165, 1.54) is 0 Å². The number of nitrogens with one attached hydrogen (secondary N) is 1. The summed E-state index contributed by atoms with van der Waals surface area (Å²) < 4.78 is 5.35.